The van der Waals surface area contributed by atoms with Crippen LogP contribution in [0.15, 0.2) is 12.3 Å². The molecule has 0 aromatic carbocycles. The fraction of sp³-hybridized carbons (Fsp3) is 0.545. The predicted molar refractivity (Wildman–Crippen MR) is 55.7 cm³/mol. The molecule has 2 rings (SSSR count). The molecule has 0 bridgehead atoms. The predicted octanol–water partition coefficient (Wildman–Crippen LogP) is 0.837. The van der Waals surface area contributed by atoms with Gasteiger partial charge in [0, 0.05) is 19.4 Å². The second kappa shape index (κ2) is 4.75. The summed E-state index contributed by atoms with van der Waals surface area (Å²) in [6.45, 7) is 0.863. The number of aromatic nitrogens is 2. The van der Waals surface area contributed by atoms with E-state index < -0.39 is 17.5 Å². The molecule has 0 spiro atoms. The maximum absolute atomic E-state index is 13.1. The van der Waals surface area contributed by atoms with Gasteiger partial charge in [-0.1, -0.05) is 0 Å². The molecule has 1 aliphatic heterocycles. The van der Waals surface area contributed by atoms with Gasteiger partial charge in [0.15, 0.2) is 0 Å². The van der Waals surface area contributed by atoms with Crippen LogP contribution >= 0.6 is 0 Å². The quantitative estimate of drug-likeness (QED) is 0.566. The van der Waals surface area contributed by atoms with Crippen LogP contribution in [0.1, 0.15) is 18.5 Å². The van der Waals surface area contributed by atoms with E-state index >= 15 is 0 Å². The van der Waals surface area contributed by atoms with Crippen LogP contribution in [0.4, 0.5) is 4.39 Å². The van der Waals surface area contributed by atoms with Crippen molar-refractivity contribution < 1.29 is 18.7 Å². The monoisotopic (exact) mass is 240 g/mol. The first-order valence-electron chi connectivity index (χ1n) is 5.34. The average molecular weight is 240 g/mol. The second-order valence-corrected chi connectivity index (χ2v) is 3.90. The van der Waals surface area contributed by atoms with Gasteiger partial charge in [0.25, 0.3) is 0 Å². The van der Waals surface area contributed by atoms with Crippen molar-refractivity contribution in [1.29, 1.82) is 0 Å². The van der Waals surface area contributed by atoms with Crippen LogP contribution in [0.2, 0.25) is 0 Å². The molecule has 5 nitrogen and oxygen atoms in total. The molecule has 0 aliphatic carbocycles. The van der Waals surface area contributed by atoms with E-state index in [1.54, 1.807) is 6.07 Å². The van der Waals surface area contributed by atoms with Crippen molar-refractivity contribution in [2.45, 2.75) is 18.3 Å². The van der Waals surface area contributed by atoms with Gasteiger partial charge in [-0.05, 0) is 18.9 Å². The number of hydrogen-bond donors (Lipinski definition) is 0. The zero-order valence-corrected chi connectivity index (χ0v) is 9.48. The van der Waals surface area contributed by atoms with Crippen molar-refractivity contribution in [2.75, 3.05) is 20.3 Å². The molecule has 0 atom stereocenters. The maximum atomic E-state index is 13.1. The average Bonchev–Trinajstić information content (AvgIpc) is 2.38. The van der Waals surface area contributed by atoms with Gasteiger partial charge in [0.05, 0.1) is 12.8 Å². The summed E-state index contributed by atoms with van der Waals surface area (Å²) < 4.78 is 23.1. The highest BCUT2D eigenvalue weighted by atomic mass is 19.1. The molecular weight excluding hydrogens is 227 g/mol. The van der Waals surface area contributed by atoms with Crippen LogP contribution in [0, 0.1) is 6.08 Å². The normalized spacial score (nSPS) is 18.7. The Morgan fingerprint density at radius 3 is 2.82 bits per heavy atom. The van der Waals surface area contributed by atoms with Gasteiger partial charge in [-0.3, -0.25) is 4.79 Å². The van der Waals surface area contributed by atoms with Crippen molar-refractivity contribution in [3.05, 3.63) is 24.0 Å². The fourth-order valence-corrected chi connectivity index (χ4v) is 2.08. The summed E-state index contributed by atoms with van der Waals surface area (Å²) in [4.78, 5) is 19.0. The van der Waals surface area contributed by atoms with Crippen LogP contribution in [-0.2, 0) is 19.7 Å². The summed E-state index contributed by atoms with van der Waals surface area (Å²) in [5.41, 5.74) is -0.545. The lowest BCUT2D eigenvalue weighted by Gasteiger charge is -2.33. The topological polar surface area (TPSA) is 61.3 Å². The molecule has 17 heavy (non-hydrogen) atoms. The molecule has 1 saturated heterocycles. The molecule has 6 heteroatoms. The van der Waals surface area contributed by atoms with E-state index in [2.05, 4.69) is 9.97 Å². The maximum Gasteiger partial charge on any atom is 0.318 e. The SMILES string of the molecule is COC(=O)C1(c2ccnc(F)n2)CCOCC1. The van der Waals surface area contributed by atoms with Crippen LogP contribution < -0.4 is 0 Å². The highest BCUT2D eigenvalue weighted by Crippen LogP contribution is 2.34. The van der Waals surface area contributed by atoms with Crippen molar-refractivity contribution in [2.24, 2.45) is 0 Å². The van der Waals surface area contributed by atoms with Gasteiger partial charge < -0.3 is 9.47 Å². The van der Waals surface area contributed by atoms with Gasteiger partial charge in [-0.25, -0.2) is 9.97 Å². The second-order valence-electron chi connectivity index (χ2n) is 3.90. The van der Waals surface area contributed by atoms with Gasteiger partial charge in [-0.15, -0.1) is 0 Å². The Labute approximate surface area is 98.0 Å². The molecule has 2 heterocycles. The third-order valence-electron chi connectivity index (χ3n) is 3.04. The largest absolute Gasteiger partial charge is 0.468 e. The van der Waals surface area contributed by atoms with Crippen molar-refractivity contribution >= 4 is 5.97 Å². The molecule has 1 fully saturated rings. The smallest absolute Gasteiger partial charge is 0.318 e. The number of methoxy groups -OCH3 is 1. The molecule has 0 amide bonds. The van der Waals surface area contributed by atoms with E-state index in [4.69, 9.17) is 9.47 Å². The van der Waals surface area contributed by atoms with Crippen LogP contribution in [0.3, 0.4) is 0 Å². The summed E-state index contributed by atoms with van der Waals surface area (Å²) in [5, 5.41) is 0. The Morgan fingerprint density at radius 1 is 1.53 bits per heavy atom. The third-order valence-corrected chi connectivity index (χ3v) is 3.04. The molecule has 1 aliphatic rings. The van der Waals surface area contributed by atoms with E-state index in [0.29, 0.717) is 31.7 Å². The summed E-state index contributed by atoms with van der Waals surface area (Å²) >= 11 is 0. The Bertz CT molecular complexity index is 419. The van der Waals surface area contributed by atoms with E-state index in [-0.39, 0.29) is 0 Å². The lowest BCUT2D eigenvalue weighted by Crippen LogP contribution is -2.43. The third kappa shape index (κ3) is 2.12. The molecule has 0 radical (unpaired) electrons. The molecule has 1 aromatic heterocycles. The number of esters is 1. The van der Waals surface area contributed by atoms with E-state index in [1.807, 2.05) is 0 Å². The number of carbonyl (C=O) groups is 1. The standard InChI is InChI=1S/C11H13FN2O3/c1-16-9(15)11(3-6-17-7-4-11)8-2-5-13-10(12)14-8/h2,5H,3-4,6-7H2,1H3. The minimum Gasteiger partial charge on any atom is -0.468 e. The van der Waals surface area contributed by atoms with E-state index in [0.717, 1.165) is 0 Å². The Hall–Kier alpha value is -1.56. The van der Waals surface area contributed by atoms with E-state index in [1.165, 1.54) is 13.3 Å². The van der Waals surface area contributed by atoms with Crippen LogP contribution in [-0.4, -0.2) is 36.3 Å². The Morgan fingerprint density at radius 2 is 2.24 bits per heavy atom. The first-order valence-corrected chi connectivity index (χ1v) is 5.34. The number of ether oxygens (including phenoxy) is 2. The zero-order chi connectivity index (χ0) is 12.3. The van der Waals surface area contributed by atoms with Gasteiger partial charge in [0.1, 0.15) is 5.41 Å². The van der Waals surface area contributed by atoms with Crippen molar-refractivity contribution in [3.8, 4) is 0 Å². The van der Waals surface area contributed by atoms with E-state index in [9.17, 15) is 9.18 Å². The number of nitrogens with zero attached hydrogens (tertiary/aromatic N) is 2. The molecule has 0 saturated carbocycles. The summed E-state index contributed by atoms with van der Waals surface area (Å²) in [6.07, 6.45) is 1.35. The van der Waals surface area contributed by atoms with Crippen LogP contribution in [0.25, 0.3) is 0 Å². The minimum atomic E-state index is -0.906. The summed E-state index contributed by atoms with van der Waals surface area (Å²) in [7, 11) is 1.32. The zero-order valence-electron chi connectivity index (χ0n) is 9.48. The summed E-state index contributed by atoms with van der Waals surface area (Å²) in [5.74, 6) is -0.404. The first kappa shape index (κ1) is 11.9. The summed E-state index contributed by atoms with van der Waals surface area (Å²) in [6, 6.07) is 1.55. The number of halogens is 1. The number of hydrogen-bond acceptors (Lipinski definition) is 5. The molecular formula is C11H13FN2O3. The first-order chi connectivity index (χ1) is 8.19. The molecule has 92 valence electrons. The van der Waals surface area contributed by atoms with Gasteiger partial charge in [0.2, 0.25) is 0 Å². The Kier molecular flexibility index (Phi) is 3.33. The van der Waals surface area contributed by atoms with Crippen LogP contribution in [0.5, 0.6) is 0 Å². The lowest BCUT2D eigenvalue weighted by atomic mass is 9.77. The number of rotatable bonds is 2. The van der Waals surface area contributed by atoms with Gasteiger partial charge in [-0.2, -0.15) is 4.39 Å². The Balaban J connectivity index is 2.42. The minimum absolute atomic E-state index is 0.361. The van der Waals surface area contributed by atoms with Gasteiger partial charge >= 0.3 is 12.0 Å². The van der Waals surface area contributed by atoms with Crippen molar-refractivity contribution in [1.82, 2.24) is 9.97 Å². The van der Waals surface area contributed by atoms with Crippen molar-refractivity contribution in [3.63, 3.8) is 0 Å². The highest BCUT2D eigenvalue weighted by Gasteiger charge is 2.44. The molecule has 0 N–H and O–H groups in total. The lowest BCUT2D eigenvalue weighted by molar-refractivity contribution is -0.151. The molecule has 1 aromatic rings. The highest BCUT2D eigenvalue weighted by molar-refractivity contribution is 5.82. The fourth-order valence-electron chi connectivity index (χ4n) is 2.08. The molecule has 0 unspecified atom stereocenters. The number of carbonyl (C=O) groups excluding carboxylic acids is 1.